The van der Waals surface area contributed by atoms with E-state index in [1.54, 1.807) is 0 Å². The largest absolute Gasteiger partial charge is 0.456 e. The first-order chi connectivity index (χ1) is 8.42. The second kappa shape index (κ2) is 5.07. The van der Waals surface area contributed by atoms with Gasteiger partial charge in [-0.25, -0.2) is 4.79 Å². The molecule has 2 aliphatic rings. The van der Waals surface area contributed by atoms with Gasteiger partial charge in [-0.1, -0.05) is 0 Å². The average molecular weight is 263 g/mol. The highest BCUT2D eigenvalue weighted by molar-refractivity contribution is 5.79. The standard InChI is InChI=1S/C11H19F2N3O2/c1-15-2-3-16(8(5-14)6-15)7-9-4-11(12,13)10(17)18-9/h8-9H,2-7,14H2,1H3. The highest BCUT2D eigenvalue weighted by Crippen LogP contribution is 2.31. The van der Waals surface area contributed by atoms with Crippen LogP contribution in [0.15, 0.2) is 0 Å². The van der Waals surface area contributed by atoms with Crippen molar-refractivity contribution < 1.29 is 18.3 Å². The minimum atomic E-state index is -3.32. The van der Waals surface area contributed by atoms with Gasteiger partial charge in [0, 0.05) is 38.8 Å². The van der Waals surface area contributed by atoms with Crippen molar-refractivity contribution in [2.24, 2.45) is 5.73 Å². The van der Waals surface area contributed by atoms with Crippen molar-refractivity contribution in [3.05, 3.63) is 0 Å². The number of ether oxygens (including phenoxy) is 1. The zero-order chi connectivity index (χ0) is 13.3. The molecule has 0 aliphatic carbocycles. The molecule has 0 aromatic heterocycles. The topological polar surface area (TPSA) is 58.8 Å². The summed E-state index contributed by atoms with van der Waals surface area (Å²) in [5.41, 5.74) is 5.69. The summed E-state index contributed by atoms with van der Waals surface area (Å²) in [4.78, 5) is 15.1. The van der Waals surface area contributed by atoms with Crippen molar-refractivity contribution in [2.75, 3.05) is 39.8 Å². The fraction of sp³-hybridized carbons (Fsp3) is 0.909. The first kappa shape index (κ1) is 13.6. The summed E-state index contributed by atoms with van der Waals surface area (Å²) in [7, 11) is 2.00. The van der Waals surface area contributed by atoms with Gasteiger partial charge in [0.1, 0.15) is 6.10 Å². The van der Waals surface area contributed by atoms with Crippen LogP contribution in [0.25, 0.3) is 0 Å². The Kier molecular flexibility index (Phi) is 3.84. The van der Waals surface area contributed by atoms with Gasteiger partial charge in [0.2, 0.25) is 0 Å². The number of halogens is 2. The van der Waals surface area contributed by atoms with E-state index in [-0.39, 0.29) is 6.04 Å². The van der Waals surface area contributed by atoms with Gasteiger partial charge in [0.25, 0.3) is 0 Å². The molecule has 18 heavy (non-hydrogen) atoms. The van der Waals surface area contributed by atoms with Crippen molar-refractivity contribution in [3.63, 3.8) is 0 Å². The number of hydrogen-bond acceptors (Lipinski definition) is 5. The molecule has 2 heterocycles. The summed E-state index contributed by atoms with van der Waals surface area (Å²) >= 11 is 0. The monoisotopic (exact) mass is 263 g/mol. The van der Waals surface area contributed by atoms with Crippen LogP contribution in [-0.4, -0.2) is 73.6 Å². The van der Waals surface area contributed by atoms with Crippen LogP contribution >= 0.6 is 0 Å². The van der Waals surface area contributed by atoms with E-state index in [0.717, 1.165) is 19.6 Å². The van der Waals surface area contributed by atoms with E-state index in [4.69, 9.17) is 10.5 Å². The number of carbonyl (C=O) groups excluding carboxylic acids is 1. The maximum absolute atomic E-state index is 13.1. The Morgan fingerprint density at radius 1 is 1.50 bits per heavy atom. The quantitative estimate of drug-likeness (QED) is 0.696. The molecule has 5 nitrogen and oxygen atoms in total. The van der Waals surface area contributed by atoms with Crippen LogP contribution < -0.4 is 5.73 Å². The van der Waals surface area contributed by atoms with Gasteiger partial charge in [-0.2, -0.15) is 8.78 Å². The molecule has 0 saturated carbocycles. The molecule has 7 heteroatoms. The lowest BCUT2D eigenvalue weighted by molar-refractivity contribution is -0.159. The number of piperazine rings is 1. The number of alkyl halides is 2. The molecule has 2 aliphatic heterocycles. The fourth-order valence-electron chi connectivity index (χ4n) is 2.52. The minimum absolute atomic E-state index is 0.136. The van der Waals surface area contributed by atoms with Crippen LogP contribution in [0.4, 0.5) is 8.78 Å². The van der Waals surface area contributed by atoms with E-state index in [0.29, 0.717) is 13.1 Å². The van der Waals surface area contributed by atoms with Gasteiger partial charge >= 0.3 is 11.9 Å². The molecule has 2 fully saturated rings. The van der Waals surface area contributed by atoms with Gasteiger partial charge in [0.15, 0.2) is 0 Å². The van der Waals surface area contributed by atoms with Gasteiger partial charge in [-0.3, -0.25) is 4.90 Å². The molecule has 2 N–H and O–H groups in total. The van der Waals surface area contributed by atoms with E-state index in [2.05, 4.69) is 4.90 Å². The number of esters is 1. The lowest BCUT2D eigenvalue weighted by Crippen LogP contribution is -2.56. The average Bonchev–Trinajstić information content (AvgIpc) is 2.55. The third-order valence-corrected chi connectivity index (χ3v) is 3.57. The third-order valence-electron chi connectivity index (χ3n) is 3.57. The predicted octanol–water partition coefficient (Wildman–Crippen LogP) is -0.488. The summed E-state index contributed by atoms with van der Waals surface area (Å²) in [5, 5.41) is 0. The van der Waals surface area contributed by atoms with Crippen LogP contribution in [0.5, 0.6) is 0 Å². The number of cyclic esters (lactones) is 1. The maximum Gasteiger partial charge on any atom is 0.377 e. The first-order valence-electron chi connectivity index (χ1n) is 6.14. The maximum atomic E-state index is 13.1. The lowest BCUT2D eigenvalue weighted by Gasteiger charge is -2.40. The summed E-state index contributed by atoms with van der Waals surface area (Å²) < 4.78 is 30.8. The molecule has 0 aromatic rings. The van der Waals surface area contributed by atoms with Crippen LogP contribution in [0.1, 0.15) is 6.42 Å². The van der Waals surface area contributed by atoms with Crippen LogP contribution in [0.2, 0.25) is 0 Å². The Balaban J connectivity index is 1.91. The highest BCUT2D eigenvalue weighted by atomic mass is 19.3. The van der Waals surface area contributed by atoms with E-state index < -0.39 is 24.4 Å². The first-order valence-corrected chi connectivity index (χ1v) is 6.14. The third kappa shape index (κ3) is 2.78. The SMILES string of the molecule is CN1CCN(CC2CC(F)(F)C(=O)O2)C(CN)C1. The van der Waals surface area contributed by atoms with Crippen molar-refractivity contribution in [1.29, 1.82) is 0 Å². The molecule has 2 unspecified atom stereocenters. The van der Waals surface area contributed by atoms with Crippen LogP contribution in [-0.2, 0) is 9.53 Å². The molecule has 104 valence electrons. The molecule has 0 spiro atoms. The molecule has 0 aromatic carbocycles. The second-order valence-electron chi connectivity index (χ2n) is 5.08. The molecule has 0 bridgehead atoms. The molecular weight excluding hydrogens is 244 g/mol. The zero-order valence-corrected chi connectivity index (χ0v) is 10.4. The van der Waals surface area contributed by atoms with Gasteiger partial charge in [-0.15, -0.1) is 0 Å². The van der Waals surface area contributed by atoms with Crippen molar-refractivity contribution in [2.45, 2.75) is 24.5 Å². The molecule has 0 radical (unpaired) electrons. The number of hydrogen-bond donors (Lipinski definition) is 1. The Labute approximate surface area is 105 Å². The molecule has 2 saturated heterocycles. The molecule has 2 atom stereocenters. The Hall–Kier alpha value is -0.790. The normalized spacial score (nSPS) is 33.7. The second-order valence-corrected chi connectivity index (χ2v) is 5.08. The number of carbonyl (C=O) groups is 1. The summed E-state index contributed by atoms with van der Waals surface area (Å²) in [6.45, 7) is 3.26. The van der Waals surface area contributed by atoms with Crippen molar-refractivity contribution in [1.82, 2.24) is 9.80 Å². The van der Waals surface area contributed by atoms with Gasteiger partial charge in [-0.05, 0) is 7.05 Å². The lowest BCUT2D eigenvalue weighted by atomic mass is 10.1. The zero-order valence-electron chi connectivity index (χ0n) is 10.4. The summed E-state index contributed by atoms with van der Waals surface area (Å²) in [5.74, 6) is -4.72. The van der Waals surface area contributed by atoms with E-state index in [1.807, 2.05) is 11.9 Å². The smallest absolute Gasteiger partial charge is 0.377 e. The summed E-state index contributed by atoms with van der Waals surface area (Å²) in [6.07, 6.45) is -1.24. The molecular formula is C11H19F2N3O2. The van der Waals surface area contributed by atoms with Crippen LogP contribution in [0.3, 0.4) is 0 Å². The fourth-order valence-corrected chi connectivity index (χ4v) is 2.52. The van der Waals surface area contributed by atoms with E-state index >= 15 is 0 Å². The molecule has 2 rings (SSSR count). The van der Waals surface area contributed by atoms with Crippen molar-refractivity contribution in [3.8, 4) is 0 Å². The Bertz CT molecular complexity index is 327. The number of rotatable bonds is 3. The molecule has 0 amide bonds. The predicted molar refractivity (Wildman–Crippen MR) is 61.4 cm³/mol. The number of nitrogens with zero attached hydrogens (tertiary/aromatic N) is 2. The van der Waals surface area contributed by atoms with E-state index in [1.165, 1.54) is 0 Å². The Morgan fingerprint density at radius 2 is 2.22 bits per heavy atom. The highest BCUT2D eigenvalue weighted by Gasteiger charge is 2.51. The number of nitrogens with two attached hydrogens (primary N) is 1. The van der Waals surface area contributed by atoms with E-state index in [9.17, 15) is 13.6 Å². The van der Waals surface area contributed by atoms with Crippen molar-refractivity contribution >= 4 is 5.97 Å². The van der Waals surface area contributed by atoms with Gasteiger partial charge in [0.05, 0.1) is 6.42 Å². The minimum Gasteiger partial charge on any atom is -0.456 e. The van der Waals surface area contributed by atoms with Gasteiger partial charge < -0.3 is 15.4 Å². The summed E-state index contributed by atoms with van der Waals surface area (Å²) in [6, 6.07) is 0.136. The number of likely N-dealkylation sites (N-methyl/N-ethyl adjacent to an activating group) is 1. The Morgan fingerprint density at radius 3 is 2.78 bits per heavy atom. The van der Waals surface area contributed by atoms with Crippen LogP contribution in [0, 0.1) is 0 Å².